The van der Waals surface area contributed by atoms with Crippen molar-refractivity contribution in [3.05, 3.63) is 58.4 Å². The molecule has 5 heteroatoms. The van der Waals surface area contributed by atoms with Gasteiger partial charge in [-0.3, -0.25) is 4.79 Å². The van der Waals surface area contributed by atoms with E-state index in [9.17, 15) is 9.18 Å². The van der Waals surface area contributed by atoms with Gasteiger partial charge in [-0.2, -0.15) is 0 Å². The number of aryl methyl sites for hydroxylation is 1. The zero-order chi connectivity index (χ0) is 17.0. The number of hydrogen-bond donors (Lipinski definition) is 1. The third-order valence-corrected chi connectivity index (χ3v) is 3.64. The molecule has 1 amide bonds. The van der Waals surface area contributed by atoms with Gasteiger partial charge >= 0.3 is 0 Å². The molecular formula is C18H19ClFNO2. The molecule has 2 rings (SSSR count). The minimum absolute atomic E-state index is 0.0375. The number of hydrogen-bond acceptors (Lipinski definition) is 2. The van der Waals surface area contributed by atoms with Crippen LogP contribution in [0.25, 0.3) is 0 Å². The molecule has 3 nitrogen and oxygen atoms in total. The average molecular weight is 336 g/mol. The number of rotatable bonds is 5. The Labute approximate surface area is 140 Å². The largest absolute Gasteiger partial charge is 0.483 e. The summed E-state index contributed by atoms with van der Waals surface area (Å²) in [6.45, 7) is 5.98. The number of halogens is 2. The number of nitrogens with one attached hydrogen (secondary N) is 1. The van der Waals surface area contributed by atoms with E-state index >= 15 is 0 Å². The molecule has 0 fully saturated rings. The summed E-state index contributed by atoms with van der Waals surface area (Å²) in [5.41, 5.74) is 2.54. The van der Waals surface area contributed by atoms with Gasteiger partial charge in [-0.25, -0.2) is 4.39 Å². The average Bonchev–Trinajstić information content (AvgIpc) is 2.48. The maximum absolute atomic E-state index is 13.1. The summed E-state index contributed by atoms with van der Waals surface area (Å²) in [6.07, 6.45) is 0. The minimum Gasteiger partial charge on any atom is -0.483 e. The van der Waals surface area contributed by atoms with Crippen LogP contribution in [0.4, 0.5) is 10.1 Å². The lowest BCUT2D eigenvalue weighted by Gasteiger charge is -2.15. The Morgan fingerprint density at radius 1 is 1.26 bits per heavy atom. The van der Waals surface area contributed by atoms with Gasteiger partial charge in [0.2, 0.25) is 0 Å². The van der Waals surface area contributed by atoms with E-state index in [-0.39, 0.29) is 17.5 Å². The number of carbonyl (C=O) groups is 1. The second-order valence-electron chi connectivity index (χ2n) is 5.66. The summed E-state index contributed by atoms with van der Waals surface area (Å²) in [5, 5.41) is 2.59. The van der Waals surface area contributed by atoms with E-state index in [2.05, 4.69) is 19.2 Å². The molecule has 0 radical (unpaired) electrons. The molecule has 0 aliphatic rings. The summed E-state index contributed by atoms with van der Waals surface area (Å²) < 4.78 is 18.7. The monoisotopic (exact) mass is 335 g/mol. The molecule has 0 aromatic heterocycles. The number of anilines is 1. The van der Waals surface area contributed by atoms with Gasteiger partial charge in [-0.1, -0.05) is 37.6 Å². The molecule has 0 aliphatic heterocycles. The first-order valence-corrected chi connectivity index (χ1v) is 7.73. The molecule has 1 N–H and O–H groups in total. The molecule has 0 saturated heterocycles. The first-order chi connectivity index (χ1) is 10.9. The van der Waals surface area contributed by atoms with Gasteiger partial charge < -0.3 is 10.1 Å². The lowest BCUT2D eigenvalue weighted by atomic mass is 10.0. The van der Waals surface area contributed by atoms with Crippen LogP contribution < -0.4 is 10.1 Å². The van der Waals surface area contributed by atoms with E-state index in [4.69, 9.17) is 16.3 Å². The number of ether oxygens (including phenoxy) is 1. The molecule has 0 saturated carbocycles. The molecular weight excluding hydrogens is 317 g/mol. The quantitative estimate of drug-likeness (QED) is 0.841. The molecule has 0 spiro atoms. The molecule has 0 unspecified atom stereocenters. The molecule has 0 bridgehead atoms. The zero-order valence-electron chi connectivity index (χ0n) is 13.3. The highest BCUT2D eigenvalue weighted by atomic mass is 35.5. The van der Waals surface area contributed by atoms with Crippen molar-refractivity contribution in [2.24, 2.45) is 0 Å². The standard InChI is InChI=1S/C18H19ClFNO2/c1-11(2)14-6-4-12(3)8-17(14)23-10-18(22)21-13-5-7-16(20)15(19)9-13/h4-9,11H,10H2,1-3H3,(H,21,22). The van der Waals surface area contributed by atoms with Crippen LogP contribution in [0.2, 0.25) is 5.02 Å². The zero-order valence-corrected chi connectivity index (χ0v) is 14.1. The van der Waals surface area contributed by atoms with Crippen molar-refractivity contribution >= 4 is 23.2 Å². The van der Waals surface area contributed by atoms with Crippen LogP contribution in [0.15, 0.2) is 36.4 Å². The van der Waals surface area contributed by atoms with Crippen molar-refractivity contribution in [1.82, 2.24) is 0 Å². The highest BCUT2D eigenvalue weighted by Crippen LogP contribution is 2.27. The Morgan fingerprint density at radius 3 is 2.65 bits per heavy atom. The Bertz CT molecular complexity index is 716. The van der Waals surface area contributed by atoms with Crippen LogP contribution in [0, 0.1) is 12.7 Å². The fraction of sp³-hybridized carbons (Fsp3) is 0.278. The van der Waals surface area contributed by atoms with Crippen LogP contribution >= 0.6 is 11.6 Å². The summed E-state index contributed by atoms with van der Waals surface area (Å²) >= 11 is 5.69. The maximum Gasteiger partial charge on any atom is 0.262 e. The van der Waals surface area contributed by atoms with Crippen molar-refractivity contribution in [3.8, 4) is 5.75 Å². The van der Waals surface area contributed by atoms with Gasteiger partial charge in [0.25, 0.3) is 5.91 Å². The number of amides is 1. The van der Waals surface area contributed by atoms with Crippen LogP contribution in [-0.2, 0) is 4.79 Å². The highest BCUT2D eigenvalue weighted by molar-refractivity contribution is 6.31. The molecule has 0 atom stereocenters. The summed E-state index contributed by atoms with van der Waals surface area (Å²) in [6, 6.07) is 9.95. The van der Waals surface area contributed by atoms with E-state index in [0.717, 1.165) is 11.1 Å². The molecule has 0 heterocycles. The van der Waals surface area contributed by atoms with Gasteiger partial charge in [0.05, 0.1) is 5.02 Å². The van der Waals surface area contributed by atoms with Crippen LogP contribution in [0.3, 0.4) is 0 Å². The van der Waals surface area contributed by atoms with Crippen molar-refractivity contribution in [2.45, 2.75) is 26.7 Å². The smallest absolute Gasteiger partial charge is 0.262 e. The van der Waals surface area contributed by atoms with E-state index < -0.39 is 5.82 Å². The van der Waals surface area contributed by atoms with Crippen molar-refractivity contribution < 1.29 is 13.9 Å². The summed E-state index contributed by atoms with van der Waals surface area (Å²) in [5.74, 6) is 0.142. The normalized spacial score (nSPS) is 10.7. The van der Waals surface area contributed by atoms with Crippen LogP contribution in [-0.4, -0.2) is 12.5 Å². The van der Waals surface area contributed by atoms with E-state index in [1.807, 2.05) is 25.1 Å². The SMILES string of the molecule is Cc1ccc(C(C)C)c(OCC(=O)Nc2ccc(F)c(Cl)c2)c1. The lowest BCUT2D eigenvalue weighted by Crippen LogP contribution is -2.20. The van der Waals surface area contributed by atoms with Crippen LogP contribution in [0.5, 0.6) is 5.75 Å². The molecule has 2 aromatic rings. The lowest BCUT2D eigenvalue weighted by molar-refractivity contribution is -0.118. The van der Waals surface area contributed by atoms with Gasteiger partial charge in [-0.15, -0.1) is 0 Å². The number of benzene rings is 2. The maximum atomic E-state index is 13.1. The predicted octanol–water partition coefficient (Wildman–Crippen LogP) is 4.93. The second kappa shape index (κ2) is 7.47. The Balaban J connectivity index is 2.01. The Hall–Kier alpha value is -2.07. The van der Waals surface area contributed by atoms with E-state index in [0.29, 0.717) is 17.4 Å². The third-order valence-electron chi connectivity index (χ3n) is 3.35. The van der Waals surface area contributed by atoms with Gasteiger partial charge in [-0.05, 0) is 48.2 Å². The molecule has 23 heavy (non-hydrogen) atoms. The summed E-state index contributed by atoms with van der Waals surface area (Å²) in [4.78, 5) is 12.0. The Morgan fingerprint density at radius 2 is 2.00 bits per heavy atom. The molecule has 122 valence electrons. The first kappa shape index (κ1) is 17.3. The first-order valence-electron chi connectivity index (χ1n) is 7.35. The van der Waals surface area contributed by atoms with Gasteiger partial charge in [0.15, 0.2) is 6.61 Å². The van der Waals surface area contributed by atoms with Crippen molar-refractivity contribution in [3.63, 3.8) is 0 Å². The van der Waals surface area contributed by atoms with Crippen molar-refractivity contribution in [2.75, 3.05) is 11.9 Å². The van der Waals surface area contributed by atoms with E-state index in [1.165, 1.54) is 18.2 Å². The predicted molar refractivity (Wildman–Crippen MR) is 90.8 cm³/mol. The fourth-order valence-electron chi connectivity index (χ4n) is 2.16. The molecule has 2 aromatic carbocycles. The van der Waals surface area contributed by atoms with E-state index in [1.54, 1.807) is 0 Å². The van der Waals surface area contributed by atoms with Gasteiger partial charge in [0, 0.05) is 5.69 Å². The Kier molecular flexibility index (Phi) is 5.61. The minimum atomic E-state index is -0.526. The number of carbonyl (C=O) groups excluding carboxylic acids is 1. The summed E-state index contributed by atoms with van der Waals surface area (Å²) in [7, 11) is 0. The molecule has 0 aliphatic carbocycles. The second-order valence-corrected chi connectivity index (χ2v) is 6.07. The van der Waals surface area contributed by atoms with Crippen LogP contribution in [0.1, 0.15) is 30.9 Å². The third kappa shape index (κ3) is 4.70. The highest BCUT2D eigenvalue weighted by Gasteiger charge is 2.11. The topological polar surface area (TPSA) is 38.3 Å². The van der Waals surface area contributed by atoms with Crippen molar-refractivity contribution in [1.29, 1.82) is 0 Å². The fourth-order valence-corrected chi connectivity index (χ4v) is 2.34. The van der Waals surface area contributed by atoms with Gasteiger partial charge in [0.1, 0.15) is 11.6 Å².